The lowest BCUT2D eigenvalue weighted by atomic mass is 10.2. The minimum atomic E-state index is 0.114. The summed E-state index contributed by atoms with van der Waals surface area (Å²) >= 11 is 1.34. The van der Waals surface area contributed by atoms with Crippen molar-refractivity contribution in [3.05, 3.63) is 71.8 Å². The Morgan fingerprint density at radius 3 is 2.22 bits per heavy atom. The number of ketones is 1. The van der Waals surface area contributed by atoms with Crippen LogP contribution in [-0.2, 0) is 0 Å². The van der Waals surface area contributed by atoms with Crippen LogP contribution in [0.15, 0.2) is 60.7 Å². The highest BCUT2D eigenvalue weighted by Crippen LogP contribution is 2.06. The van der Waals surface area contributed by atoms with E-state index >= 15 is 0 Å². The molecule has 2 aromatic rings. The highest BCUT2D eigenvalue weighted by molar-refractivity contribution is 8.04. The SMILES string of the molecule is O=C(CSC#Cc1ccccc1)c1ccccc1. The van der Waals surface area contributed by atoms with Gasteiger partial charge in [0, 0.05) is 11.1 Å². The van der Waals surface area contributed by atoms with Gasteiger partial charge in [0.2, 0.25) is 0 Å². The Morgan fingerprint density at radius 2 is 1.56 bits per heavy atom. The van der Waals surface area contributed by atoms with Crippen LogP contribution in [0.25, 0.3) is 0 Å². The molecule has 0 bridgehead atoms. The van der Waals surface area contributed by atoms with Gasteiger partial charge in [-0.25, -0.2) is 0 Å². The smallest absolute Gasteiger partial charge is 0.173 e. The van der Waals surface area contributed by atoms with Crippen molar-refractivity contribution in [1.82, 2.24) is 0 Å². The molecule has 88 valence electrons. The maximum Gasteiger partial charge on any atom is 0.173 e. The molecule has 0 spiro atoms. The average molecular weight is 252 g/mol. The van der Waals surface area contributed by atoms with Crippen LogP contribution in [0.3, 0.4) is 0 Å². The van der Waals surface area contributed by atoms with Gasteiger partial charge in [0.1, 0.15) is 0 Å². The predicted molar refractivity (Wildman–Crippen MR) is 76.6 cm³/mol. The zero-order valence-corrected chi connectivity index (χ0v) is 10.6. The molecule has 0 saturated heterocycles. The Hall–Kier alpha value is -1.98. The van der Waals surface area contributed by atoms with Gasteiger partial charge in [-0.05, 0) is 17.4 Å². The van der Waals surface area contributed by atoms with Crippen molar-refractivity contribution in [2.45, 2.75) is 0 Å². The molecule has 0 heterocycles. The Kier molecular flexibility index (Phi) is 4.63. The first-order valence-corrected chi connectivity index (χ1v) is 6.61. The van der Waals surface area contributed by atoms with E-state index in [1.54, 1.807) is 0 Å². The van der Waals surface area contributed by atoms with E-state index in [0.717, 1.165) is 11.1 Å². The van der Waals surface area contributed by atoms with Gasteiger partial charge in [0.15, 0.2) is 5.78 Å². The lowest BCUT2D eigenvalue weighted by molar-refractivity contribution is 0.102. The molecule has 0 unspecified atom stereocenters. The molecule has 0 radical (unpaired) electrons. The lowest BCUT2D eigenvalue weighted by Crippen LogP contribution is -2.00. The van der Waals surface area contributed by atoms with Gasteiger partial charge >= 0.3 is 0 Å². The first-order chi connectivity index (χ1) is 8.86. The predicted octanol–water partition coefficient (Wildman–Crippen LogP) is 3.61. The van der Waals surface area contributed by atoms with E-state index in [9.17, 15) is 4.79 Å². The fourth-order valence-electron chi connectivity index (χ4n) is 1.43. The third-order valence-electron chi connectivity index (χ3n) is 2.34. The molecule has 0 aromatic heterocycles. The van der Waals surface area contributed by atoms with Crippen LogP contribution in [-0.4, -0.2) is 11.5 Å². The maximum atomic E-state index is 11.8. The second-order valence-corrected chi connectivity index (χ2v) is 4.45. The summed E-state index contributed by atoms with van der Waals surface area (Å²) < 4.78 is 0. The molecule has 2 rings (SSSR count). The number of Topliss-reactive ketones (excluding diaryl/α,β-unsaturated/α-hetero) is 1. The van der Waals surface area contributed by atoms with Gasteiger partial charge in [-0.2, -0.15) is 0 Å². The molecule has 0 aliphatic rings. The fraction of sp³-hybridized carbons (Fsp3) is 0.0625. The van der Waals surface area contributed by atoms with E-state index in [1.807, 2.05) is 60.7 Å². The van der Waals surface area contributed by atoms with Crippen LogP contribution < -0.4 is 0 Å². The van der Waals surface area contributed by atoms with Crippen molar-refractivity contribution in [2.24, 2.45) is 0 Å². The highest BCUT2D eigenvalue weighted by Gasteiger charge is 2.03. The van der Waals surface area contributed by atoms with Crippen LogP contribution in [0.4, 0.5) is 0 Å². The van der Waals surface area contributed by atoms with Crippen molar-refractivity contribution in [1.29, 1.82) is 0 Å². The Balaban J connectivity index is 1.87. The summed E-state index contributed by atoms with van der Waals surface area (Å²) in [6.45, 7) is 0. The minimum Gasteiger partial charge on any atom is -0.293 e. The highest BCUT2D eigenvalue weighted by atomic mass is 32.2. The number of carbonyl (C=O) groups is 1. The van der Waals surface area contributed by atoms with Crippen molar-refractivity contribution >= 4 is 17.5 Å². The molecular weight excluding hydrogens is 240 g/mol. The number of hydrogen-bond donors (Lipinski definition) is 0. The van der Waals surface area contributed by atoms with Crippen LogP contribution in [0.1, 0.15) is 15.9 Å². The number of benzene rings is 2. The number of thioether (sulfide) groups is 1. The quantitative estimate of drug-likeness (QED) is 0.613. The van der Waals surface area contributed by atoms with Crippen molar-refractivity contribution in [3.63, 3.8) is 0 Å². The molecule has 0 amide bonds. The largest absolute Gasteiger partial charge is 0.293 e. The molecule has 0 aliphatic carbocycles. The van der Waals surface area contributed by atoms with E-state index in [4.69, 9.17) is 0 Å². The lowest BCUT2D eigenvalue weighted by Gasteiger charge is -1.96. The van der Waals surface area contributed by atoms with Gasteiger partial charge in [0.25, 0.3) is 0 Å². The van der Waals surface area contributed by atoms with Gasteiger partial charge in [-0.3, -0.25) is 4.79 Å². The molecule has 1 nitrogen and oxygen atoms in total. The zero-order chi connectivity index (χ0) is 12.6. The second kappa shape index (κ2) is 6.68. The molecule has 0 saturated carbocycles. The molecule has 18 heavy (non-hydrogen) atoms. The molecule has 0 fully saturated rings. The Morgan fingerprint density at radius 1 is 0.944 bits per heavy atom. The normalized spacial score (nSPS) is 9.33. The van der Waals surface area contributed by atoms with Crippen molar-refractivity contribution in [3.8, 4) is 11.2 Å². The summed E-state index contributed by atoms with van der Waals surface area (Å²) in [7, 11) is 0. The van der Waals surface area contributed by atoms with Crippen LogP contribution >= 0.6 is 11.8 Å². The van der Waals surface area contributed by atoms with Crippen molar-refractivity contribution < 1.29 is 4.79 Å². The number of hydrogen-bond acceptors (Lipinski definition) is 2. The molecule has 0 aliphatic heterocycles. The van der Waals surface area contributed by atoms with E-state index in [0.29, 0.717) is 5.75 Å². The van der Waals surface area contributed by atoms with Crippen molar-refractivity contribution in [2.75, 3.05) is 5.75 Å². The summed E-state index contributed by atoms with van der Waals surface area (Å²) in [6, 6.07) is 19.0. The maximum absolute atomic E-state index is 11.8. The van der Waals surface area contributed by atoms with Crippen LogP contribution in [0.2, 0.25) is 0 Å². The van der Waals surface area contributed by atoms with E-state index in [-0.39, 0.29) is 5.78 Å². The molecule has 0 N–H and O–H groups in total. The van der Waals surface area contributed by atoms with Gasteiger partial charge in [-0.1, -0.05) is 66.2 Å². The number of carbonyl (C=O) groups excluding carboxylic acids is 1. The van der Waals surface area contributed by atoms with Gasteiger partial charge < -0.3 is 0 Å². The summed E-state index contributed by atoms with van der Waals surface area (Å²) in [5.74, 6) is 3.52. The average Bonchev–Trinajstić information content (AvgIpc) is 2.45. The monoisotopic (exact) mass is 252 g/mol. The topological polar surface area (TPSA) is 17.1 Å². The minimum absolute atomic E-state index is 0.114. The molecule has 2 aromatic carbocycles. The summed E-state index contributed by atoms with van der Waals surface area (Å²) in [5, 5.41) is 2.95. The second-order valence-electron chi connectivity index (χ2n) is 3.67. The first kappa shape index (κ1) is 12.5. The number of rotatable bonds is 3. The third kappa shape index (κ3) is 3.80. The molecular formula is C16H12OS. The van der Waals surface area contributed by atoms with E-state index in [2.05, 4.69) is 11.2 Å². The van der Waals surface area contributed by atoms with Crippen LogP contribution in [0.5, 0.6) is 0 Å². The first-order valence-electron chi connectivity index (χ1n) is 5.62. The fourth-order valence-corrected chi connectivity index (χ4v) is 1.99. The molecule has 0 atom stereocenters. The Bertz CT molecular complexity index is 564. The van der Waals surface area contributed by atoms with Crippen LogP contribution in [0, 0.1) is 11.2 Å². The summed E-state index contributed by atoms with van der Waals surface area (Å²) in [6.07, 6.45) is 0. The summed E-state index contributed by atoms with van der Waals surface area (Å²) in [4.78, 5) is 11.8. The summed E-state index contributed by atoms with van der Waals surface area (Å²) in [5.41, 5.74) is 1.71. The van der Waals surface area contributed by atoms with Gasteiger partial charge in [-0.15, -0.1) is 0 Å². The Labute approximate surface area is 111 Å². The van der Waals surface area contributed by atoms with Gasteiger partial charge in [0.05, 0.1) is 5.75 Å². The van der Waals surface area contributed by atoms with E-state index in [1.165, 1.54) is 11.8 Å². The standard InChI is InChI=1S/C16H12OS/c17-16(15-9-5-2-6-10-15)13-18-12-11-14-7-3-1-4-8-14/h1-10H,13H2. The third-order valence-corrected chi connectivity index (χ3v) is 2.99. The zero-order valence-electron chi connectivity index (χ0n) is 9.80. The molecule has 2 heteroatoms. The van der Waals surface area contributed by atoms with E-state index < -0.39 is 0 Å².